The summed E-state index contributed by atoms with van der Waals surface area (Å²) in [5, 5.41) is 3.01. The van der Waals surface area contributed by atoms with Gasteiger partial charge in [0.25, 0.3) is 0 Å². The summed E-state index contributed by atoms with van der Waals surface area (Å²) in [5.74, 6) is 0.627. The molecule has 14 heteroatoms. The van der Waals surface area contributed by atoms with Crippen molar-refractivity contribution in [2.75, 3.05) is 23.8 Å². The number of hydrogen-bond acceptors (Lipinski definition) is 5. The third kappa shape index (κ3) is 6.58. The van der Waals surface area contributed by atoms with Crippen molar-refractivity contribution in [2.45, 2.75) is 70.5 Å². The molecular formula is C29H30F6N4O3S. The number of fused-ring (bicyclic) bond motifs is 2. The van der Waals surface area contributed by atoms with Gasteiger partial charge >= 0.3 is 24.5 Å². The Hall–Kier alpha value is -3.42. The summed E-state index contributed by atoms with van der Waals surface area (Å²) < 4.78 is 87.4. The molecule has 0 aromatic heterocycles. The van der Waals surface area contributed by atoms with E-state index in [1.165, 1.54) is 21.6 Å². The van der Waals surface area contributed by atoms with E-state index in [0.29, 0.717) is 40.8 Å². The summed E-state index contributed by atoms with van der Waals surface area (Å²) in [7, 11) is 0. The van der Waals surface area contributed by atoms with Crippen LogP contribution in [-0.4, -0.2) is 47.1 Å². The lowest BCUT2D eigenvalue weighted by atomic mass is 9.88. The van der Waals surface area contributed by atoms with Crippen molar-refractivity contribution < 1.29 is 40.7 Å². The number of carbonyl (C=O) groups is 2. The fourth-order valence-corrected chi connectivity index (χ4v) is 6.59. The van der Waals surface area contributed by atoms with Crippen LogP contribution in [0.4, 0.5) is 41.6 Å². The first-order valence-corrected chi connectivity index (χ1v) is 14.9. The SMILES string of the molecule is CCOC(=O)N1c2cc3c(cc2[C@@H](N(Cc2cc(C(F)(F)F)cc(C(F)(F)F)c2)C(=O)NC2=NCCS2)C[C@H]1C)CCC3. The number of urea groups is 1. The summed E-state index contributed by atoms with van der Waals surface area (Å²) in [5.41, 5.74) is -0.104. The third-order valence-electron chi connectivity index (χ3n) is 7.77. The quantitative estimate of drug-likeness (QED) is 0.360. The van der Waals surface area contributed by atoms with E-state index in [-0.39, 0.29) is 24.7 Å². The summed E-state index contributed by atoms with van der Waals surface area (Å²) >= 11 is 1.29. The van der Waals surface area contributed by atoms with Crippen LogP contribution in [0.2, 0.25) is 0 Å². The molecule has 0 unspecified atom stereocenters. The van der Waals surface area contributed by atoms with Gasteiger partial charge in [-0.3, -0.25) is 15.2 Å². The molecule has 2 aromatic carbocycles. The van der Waals surface area contributed by atoms with Crippen molar-refractivity contribution in [1.82, 2.24) is 10.2 Å². The van der Waals surface area contributed by atoms with Crippen LogP contribution in [0.5, 0.6) is 0 Å². The number of aliphatic imine (C=N–C) groups is 1. The number of thioether (sulfide) groups is 1. The summed E-state index contributed by atoms with van der Waals surface area (Å²) in [4.78, 5) is 33.8. The van der Waals surface area contributed by atoms with Crippen LogP contribution in [0.25, 0.3) is 0 Å². The number of nitrogens with zero attached hydrogens (tertiary/aromatic N) is 3. The Morgan fingerprint density at radius 1 is 1.05 bits per heavy atom. The number of nitrogens with one attached hydrogen (secondary N) is 1. The number of benzene rings is 2. The Kier molecular flexibility index (Phi) is 8.61. The number of amides is 3. The third-order valence-corrected chi connectivity index (χ3v) is 8.66. The molecule has 0 bridgehead atoms. The molecule has 3 amide bonds. The van der Waals surface area contributed by atoms with Gasteiger partial charge in [0, 0.05) is 18.3 Å². The van der Waals surface area contributed by atoms with Crippen LogP contribution in [0.3, 0.4) is 0 Å². The van der Waals surface area contributed by atoms with E-state index in [9.17, 15) is 35.9 Å². The number of alkyl halides is 6. The maximum Gasteiger partial charge on any atom is 0.416 e. The van der Waals surface area contributed by atoms with Crippen molar-refractivity contribution >= 4 is 34.7 Å². The second-order valence-electron chi connectivity index (χ2n) is 10.7. The lowest BCUT2D eigenvalue weighted by Gasteiger charge is -2.43. The Morgan fingerprint density at radius 3 is 2.28 bits per heavy atom. The van der Waals surface area contributed by atoms with E-state index in [1.54, 1.807) is 13.8 Å². The van der Waals surface area contributed by atoms with Gasteiger partial charge in [-0.25, -0.2) is 9.59 Å². The second-order valence-corrected chi connectivity index (χ2v) is 11.8. The number of amidine groups is 1. The highest BCUT2D eigenvalue weighted by molar-refractivity contribution is 8.14. The number of ether oxygens (including phenoxy) is 1. The van der Waals surface area contributed by atoms with Crippen molar-refractivity contribution in [3.8, 4) is 0 Å². The van der Waals surface area contributed by atoms with E-state index in [1.807, 2.05) is 12.1 Å². The van der Waals surface area contributed by atoms with Crippen molar-refractivity contribution in [1.29, 1.82) is 0 Å². The highest BCUT2D eigenvalue weighted by Crippen LogP contribution is 2.45. The number of hydrogen-bond donors (Lipinski definition) is 1. The maximum atomic E-state index is 13.8. The molecule has 7 nitrogen and oxygen atoms in total. The van der Waals surface area contributed by atoms with Crippen molar-refractivity contribution in [3.63, 3.8) is 0 Å². The van der Waals surface area contributed by atoms with Gasteiger partial charge in [0.05, 0.1) is 36.0 Å². The largest absolute Gasteiger partial charge is 0.449 e. The highest BCUT2D eigenvalue weighted by Gasteiger charge is 2.41. The van der Waals surface area contributed by atoms with Gasteiger partial charge in [0.2, 0.25) is 0 Å². The molecule has 0 saturated heterocycles. The summed E-state index contributed by atoms with van der Waals surface area (Å²) in [6, 6.07) is 3.13. The van der Waals surface area contributed by atoms with Gasteiger partial charge < -0.3 is 9.64 Å². The molecule has 1 aliphatic carbocycles. The van der Waals surface area contributed by atoms with E-state index in [4.69, 9.17) is 4.74 Å². The smallest absolute Gasteiger partial charge is 0.416 e. The van der Waals surface area contributed by atoms with E-state index in [0.717, 1.165) is 30.4 Å². The molecule has 0 spiro atoms. The van der Waals surface area contributed by atoms with Crippen LogP contribution >= 0.6 is 11.8 Å². The highest BCUT2D eigenvalue weighted by atomic mass is 32.2. The van der Waals surface area contributed by atoms with Gasteiger partial charge in [-0.2, -0.15) is 26.3 Å². The molecule has 1 N–H and O–H groups in total. The molecule has 2 aliphatic heterocycles. The molecule has 5 rings (SSSR count). The zero-order valence-corrected chi connectivity index (χ0v) is 24.3. The monoisotopic (exact) mass is 628 g/mol. The van der Waals surface area contributed by atoms with Crippen LogP contribution in [-0.2, 0) is 36.5 Å². The number of aryl methyl sites for hydroxylation is 2. The molecule has 2 atom stereocenters. The standard InChI is InChI=1S/C29H30F6N4O3S/c1-3-42-27(41)39-16(2)9-23(22-12-18-5-4-6-19(18)13-24(22)39)38(26(40)37-25-36-7-8-43-25)15-17-10-20(28(30,31)32)14-21(11-17)29(33,34)35/h10-14,16,23H,3-9,15H2,1-2H3,(H,36,37,40)/t16-,23+/m1/s1. The number of halogens is 6. The minimum absolute atomic E-state index is 0.0658. The van der Waals surface area contributed by atoms with Gasteiger partial charge in [-0.15, -0.1) is 0 Å². The van der Waals surface area contributed by atoms with E-state index >= 15 is 0 Å². The minimum atomic E-state index is -5.04. The minimum Gasteiger partial charge on any atom is -0.449 e. The zero-order chi connectivity index (χ0) is 31.1. The first-order valence-electron chi connectivity index (χ1n) is 13.9. The lowest BCUT2D eigenvalue weighted by Crippen LogP contribution is -2.50. The van der Waals surface area contributed by atoms with Gasteiger partial charge in [-0.1, -0.05) is 17.8 Å². The molecule has 3 aliphatic rings. The van der Waals surface area contributed by atoms with Crippen LogP contribution in [0.1, 0.15) is 66.1 Å². The molecule has 2 aromatic rings. The number of anilines is 1. The Labute approximate surface area is 248 Å². The van der Waals surface area contributed by atoms with Crippen LogP contribution in [0, 0.1) is 0 Å². The summed E-state index contributed by atoms with van der Waals surface area (Å²) in [6.45, 7) is 3.49. The average molecular weight is 629 g/mol. The molecule has 0 fully saturated rings. The van der Waals surface area contributed by atoms with Crippen LogP contribution in [0.15, 0.2) is 35.3 Å². The van der Waals surface area contributed by atoms with Gasteiger partial charge in [0.15, 0.2) is 5.17 Å². The molecule has 0 saturated carbocycles. The van der Waals surface area contributed by atoms with Gasteiger partial charge in [0.1, 0.15) is 0 Å². The van der Waals surface area contributed by atoms with E-state index < -0.39 is 54.2 Å². The van der Waals surface area contributed by atoms with Gasteiger partial charge in [-0.05, 0) is 86.1 Å². The normalized spacial score (nSPS) is 19.9. The van der Waals surface area contributed by atoms with Crippen LogP contribution < -0.4 is 10.2 Å². The molecule has 2 heterocycles. The van der Waals surface area contributed by atoms with Crippen molar-refractivity contribution in [2.24, 2.45) is 4.99 Å². The number of carbonyl (C=O) groups excluding carboxylic acids is 2. The predicted molar refractivity (Wildman–Crippen MR) is 150 cm³/mol. The zero-order valence-electron chi connectivity index (χ0n) is 23.4. The fraction of sp³-hybridized carbons (Fsp3) is 0.483. The van der Waals surface area contributed by atoms with E-state index in [2.05, 4.69) is 10.3 Å². The molecule has 43 heavy (non-hydrogen) atoms. The molecule has 232 valence electrons. The topological polar surface area (TPSA) is 74.2 Å². The molecule has 0 radical (unpaired) electrons. The Balaban J connectivity index is 1.62. The predicted octanol–water partition coefficient (Wildman–Crippen LogP) is 7.32. The fourth-order valence-electron chi connectivity index (χ4n) is 5.87. The lowest BCUT2D eigenvalue weighted by molar-refractivity contribution is -0.143. The molecular weight excluding hydrogens is 598 g/mol. The average Bonchev–Trinajstić information content (AvgIpc) is 3.61. The Bertz CT molecular complexity index is 1410. The maximum absolute atomic E-state index is 13.8. The van der Waals surface area contributed by atoms with Crippen molar-refractivity contribution in [3.05, 3.63) is 63.7 Å². The second kappa shape index (κ2) is 11.9. The Morgan fingerprint density at radius 2 is 1.70 bits per heavy atom. The first kappa shape index (κ1) is 31.0. The first-order chi connectivity index (χ1) is 20.3. The number of rotatable bonds is 4. The summed E-state index contributed by atoms with van der Waals surface area (Å²) in [6.07, 6.45) is -8.02.